The van der Waals surface area contributed by atoms with Crippen molar-refractivity contribution in [3.63, 3.8) is 0 Å². The normalized spacial score (nSPS) is 14.5. The summed E-state index contributed by atoms with van der Waals surface area (Å²) in [6.07, 6.45) is 1.39. The summed E-state index contributed by atoms with van der Waals surface area (Å²) in [6, 6.07) is 14.8. The predicted molar refractivity (Wildman–Crippen MR) is 143 cm³/mol. The van der Waals surface area contributed by atoms with Gasteiger partial charge in [-0.2, -0.15) is 0 Å². The van der Waals surface area contributed by atoms with E-state index in [9.17, 15) is 18.8 Å². The van der Waals surface area contributed by atoms with Crippen molar-refractivity contribution in [3.05, 3.63) is 86.8 Å². The minimum Gasteiger partial charge on any atom is -0.494 e. The molecule has 1 saturated heterocycles. The molecule has 10 heteroatoms. The second-order valence-corrected chi connectivity index (χ2v) is 9.00. The number of amides is 4. The lowest BCUT2D eigenvalue weighted by atomic mass is 10.1. The van der Waals surface area contributed by atoms with Crippen LogP contribution in [-0.2, 0) is 16.2 Å². The van der Waals surface area contributed by atoms with Crippen LogP contribution >= 0.6 is 22.6 Å². The SMILES string of the molecule is CCOc1ccc(N2C(=O)NC(=O)/C(=C\c3cc(I)c(OCc4ccc(F)cc4)c(OC)c3)C2=O)cc1. The molecular formula is C27H22FIN2O6. The third-order valence-corrected chi connectivity index (χ3v) is 6.17. The highest BCUT2D eigenvalue weighted by Gasteiger charge is 2.37. The van der Waals surface area contributed by atoms with Crippen LogP contribution in [0.25, 0.3) is 6.08 Å². The molecule has 3 aromatic rings. The van der Waals surface area contributed by atoms with Crippen LogP contribution in [0.1, 0.15) is 18.1 Å². The fourth-order valence-electron chi connectivity index (χ4n) is 3.62. The quantitative estimate of drug-likeness (QED) is 0.216. The van der Waals surface area contributed by atoms with Crippen LogP contribution in [0.5, 0.6) is 17.2 Å². The van der Waals surface area contributed by atoms with Crippen molar-refractivity contribution >= 4 is 52.2 Å². The van der Waals surface area contributed by atoms with E-state index in [1.807, 2.05) is 6.92 Å². The average Bonchev–Trinajstić information content (AvgIpc) is 2.87. The van der Waals surface area contributed by atoms with Gasteiger partial charge >= 0.3 is 6.03 Å². The summed E-state index contributed by atoms with van der Waals surface area (Å²) in [5.41, 5.74) is 1.34. The van der Waals surface area contributed by atoms with Crippen molar-refractivity contribution < 1.29 is 33.0 Å². The summed E-state index contributed by atoms with van der Waals surface area (Å²) < 4.78 is 30.6. The zero-order valence-electron chi connectivity index (χ0n) is 19.9. The molecule has 1 aliphatic heterocycles. The van der Waals surface area contributed by atoms with Crippen LogP contribution in [0.4, 0.5) is 14.9 Å². The maximum absolute atomic E-state index is 13.2. The van der Waals surface area contributed by atoms with E-state index in [0.29, 0.717) is 38.7 Å². The molecule has 3 aromatic carbocycles. The molecule has 0 aliphatic carbocycles. The molecule has 0 unspecified atom stereocenters. The predicted octanol–water partition coefficient (Wildman–Crippen LogP) is 5.08. The highest BCUT2D eigenvalue weighted by molar-refractivity contribution is 14.1. The Balaban J connectivity index is 1.61. The maximum atomic E-state index is 13.2. The van der Waals surface area contributed by atoms with Crippen LogP contribution in [0, 0.1) is 9.39 Å². The molecule has 0 spiro atoms. The molecule has 0 radical (unpaired) electrons. The summed E-state index contributed by atoms with van der Waals surface area (Å²) in [6.45, 7) is 2.51. The Morgan fingerprint density at radius 2 is 1.70 bits per heavy atom. The van der Waals surface area contributed by atoms with Crippen LogP contribution in [0.3, 0.4) is 0 Å². The van der Waals surface area contributed by atoms with Crippen LogP contribution in [0.2, 0.25) is 0 Å². The maximum Gasteiger partial charge on any atom is 0.335 e. The number of hydrogen-bond donors (Lipinski definition) is 1. The number of carbonyl (C=O) groups is 3. The first-order valence-corrected chi connectivity index (χ1v) is 12.3. The zero-order valence-corrected chi connectivity index (χ0v) is 22.1. The van der Waals surface area contributed by atoms with Crippen LogP contribution in [0.15, 0.2) is 66.2 Å². The fourth-order valence-corrected chi connectivity index (χ4v) is 4.40. The minimum absolute atomic E-state index is 0.188. The number of barbiturate groups is 1. The third-order valence-electron chi connectivity index (χ3n) is 5.37. The van der Waals surface area contributed by atoms with Gasteiger partial charge in [-0.3, -0.25) is 14.9 Å². The lowest BCUT2D eigenvalue weighted by Gasteiger charge is -2.26. The van der Waals surface area contributed by atoms with Gasteiger partial charge in [0.05, 0.1) is 23.0 Å². The van der Waals surface area contributed by atoms with Gasteiger partial charge in [-0.15, -0.1) is 0 Å². The van der Waals surface area contributed by atoms with Crippen molar-refractivity contribution in [3.8, 4) is 17.2 Å². The topological polar surface area (TPSA) is 94.2 Å². The number of benzene rings is 3. The van der Waals surface area contributed by atoms with Gasteiger partial charge in [-0.25, -0.2) is 14.1 Å². The van der Waals surface area contributed by atoms with E-state index in [2.05, 4.69) is 27.9 Å². The van der Waals surface area contributed by atoms with Gasteiger partial charge in [0.2, 0.25) is 0 Å². The number of methoxy groups -OCH3 is 1. The molecule has 1 N–H and O–H groups in total. The van der Waals surface area contributed by atoms with E-state index in [1.54, 1.807) is 48.5 Å². The number of urea groups is 1. The van der Waals surface area contributed by atoms with E-state index in [1.165, 1.54) is 25.3 Å². The molecule has 8 nitrogen and oxygen atoms in total. The Morgan fingerprint density at radius 3 is 2.35 bits per heavy atom. The Labute approximate surface area is 226 Å². The fraction of sp³-hybridized carbons (Fsp3) is 0.148. The van der Waals surface area contributed by atoms with E-state index in [0.717, 1.165) is 10.5 Å². The first-order valence-electron chi connectivity index (χ1n) is 11.2. The van der Waals surface area contributed by atoms with E-state index >= 15 is 0 Å². The number of anilines is 1. The van der Waals surface area contributed by atoms with Crippen molar-refractivity contribution in [2.75, 3.05) is 18.6 Å². The number of rotatable bonds is 8. The molecular weight excluding hydrogens is 594 g/mol. The second kappa shape index (κ2) is 11.4. The van der Waals surface area contributed by atoms with Crippen LogP contribution in [-0.4, -0.2) is 31.6 Å². The molecule has 0 aromatic heterocycles. The molecule has 1 heterocycles. The van der Waals surface area contributed by atoms with E-state index < -0.39 is 17.8 Å². The molecule has 0 atom stereocenters. The highest BCUT2D eigenvalue weighted by atomic mass is 127. The summed E-state index contributed by atoms with van der Waals surface area (Å²) in [4.78, 5) is 39.2. The van der Waals surface area contributed by atoms with Crippen molar-refractivity contribution in [2.24, 2.45) is 0 Å². The number of nitrogens with one attached hydrogen (secondary N) is 1. The number of hydrogen-bond acceptors (Lipinski definition) is 6. The lowest BCUT2D eigenvalue weighted by Crippen LogP contribution is -2.54. The Kier molecular flexibility index (Phi) is 8.07. The molecule has 4 amide bonds. The van der Waals surface area contributed by atoms with Crippen LogP contribution < -0.4 is 24.4 Å². The summed E-state index contributed by atoms with van der Waals surface area (Å²) in [7, 11) is 1.47. The van der Waals surface area contributed by atoms with Gasteiger partial charge in [0.25, 0.3) is 11.8 Å². The minimum atomic E-state index is -0.840. The molecule has 37 heavy (non-hydrogen) atoms. The smallest absolute Gasteiger partial charge is 0.335 e. The Bertz CT molecular complexity index is 1370. The zero-order chi connectivity index (χ0) is 26.5. The molecule has 1 fully saturated rings. The monoisotopic (exact) mass is 616 g/mol. The Hall–Kier alpha value is -3.93. The van der Waals surface area contributed by atoms with Gasteiger partial charge in [0.1, 0.15) is 23.7 Å². The van der Waals surface area contributed by atoms with E-state index in [4.69, 9.17) is 14.2 Å². The summed E-state index contributed by atoms with van der Waals surface area (Å²) in [5, 5.41) is 2.21. The number of ether oxygens (including phenoxy) is 3. The standard InChI is InChI=1S/C27H22FIN2O6/c1-3-36-20-10-8-19(9-11-20)31-26(33)21(25(32)30-27(31)34)12-17-13-22(29)24(23(14-17)35-2)37-15-16-4-6-18(28)7-5-16/h4-14H,3,15H2,1-2H3,(H,30,32,34)/b21-12+. The highest BCUT2D eigenvalue weighted by Crippen LogP contribution is 2.35. The molecule has 190 valence electrons. The molecule has 0 bridgehead atoms. The first-order chi connectivity index (χ1) is 17.8. The third kappa shape index (κ3) is 5.91. The number of nitrogens with zero attached hydrogens (tertiary/aromatic N) is 1. The largest absolute Gasteiger partial charge is 0.494 e. The van der Waals surface area contributed by atoms with Gasteiger partial charge in [-0.1, -0.05) is 12.1 Å². The van der Waals surface area contributed by atoms with Gasteiger partial charge in [0, 0.05) is 0 Å². The Morgan fingerprint density at radius 1 is 1.00 bits per heavy atom. The van der Waals surface area contributed by atoms with Gasteiger partial charge in [0.15, 0.2) is 11.5 Å². The number of carbonyl (C=O) groups excluding carboxylic acids is 3. The first kappa shape index (κ1) is 26.1. The molecule has 4 rings (SSSR count). The van der Waals surface area contributed by atoms with E-state index in [-0.39, 0.29) is 18.0 Å². The summed E-state index contributed by atoms with van der Waals surface area (Å²) >= 11 is 2.06. The van der Waals surface area contributed by atoms with Crippen molar-refractivity contribution in [1.29, 1.82) is 0 Å². The van der Waals surface area contributed by atoms with Crippen molar-refractivity contribution in [1.82, 2.24) is 5.32 Å². The number of halogens is 2. The van der Waals surface area contributed by atoms with Crippen molar-refractivity contribution in [2.45, 2.75) is 13.5 Å². The lowest BCUT2D eigenvalue weighted by molar-refractivity contribution is -0.122. The summed E-state index contributed by atoms with van der Waals surface area (Å²) in [5.74, 6) is -0.473. The molecule has 0 saturated carbocycles. The molecule has 1 aliphatic rings. The van der Waals surface area contributed by atoms with Gasteiger partial charge < -0.3 is 14.2 Å². The average molecular weight is 616 g/mol. The van der Waals surface area contributed by atoms with Gasteiger partial charge in [-0.05, 0) is 95.2 Å². The number of imide groups is 2. The second-order valence-electron chi connectivity index (χ2n) is 7.83.